The Labute approximate surface area is 193 Å². The molecule has 200 valence electrons. The molecule has 0 amide bonds. The third kappa shape index (κ3) is 5.37. The van der Waals surface area contributed by atoms with Crippen LogP contribution >= 0.6 is 0 Å². The molecule has 15 atom stereocenters. The first-order valence-electron chi connectivity index (χ1n) is 10.4. The number of hydrogen-bond acceptors (Lipinski definition) is 16. The summed E-state index contributed by atoms with van der Waals surface area (Å²) in [7, 11) is 3.50. The Balaban J connectivity index is 1.82. The molecule has 0 aromatic carbocycles. The van der Waals surface area contributed by atoms with Crippen LogP contribution in [-0.2, 0) is 37.9 Å². The maximum Gasteiger partial charge on any atom is 0.190 e. The predicted octanol–water partition coefficient (Wildman–Crippen LogP) is -5.74. The van der Waals surface area contributed by atoms with Crippen molar-refractivity contribution in [3.8, 4) is 0 Å². The number of methoxy groups -OCH3 is 3. The van der Waals surface area contributed by atoms with Crippen LogP contribution in [0.5, 0.6) is 0 Å². The van der Waals surface area contributed by atoms with E-state index >= 15 is 0 Å². The van der Waals surface area contributed by atoms with Crippen molar-refractivity contribution >= 4 is 0 Å². The second-order valence-corrected chi connectivity index (χ2v) is 7.98. The Bertz CT molecular complexity index is 639. The summed E-state index contributed by atoms with van der Waals surface area (Å²) in [5.41, 5.74) is 0. The molecular formula is C18H32O16. The van der Waals surface area contributed by atoms with Crippen molar-refractivity contribution in [2.45, 2.75) is 92.7 Å². The molecule has 0 saturated carbocycles. The minimum atomic E-state index is -1.83. The van der Waals surface area contributed by atoms with E-state index in [0.29, 0.717) is 0 Å². The fourth-order valence-corrected chi connectivity index (χ4v) is 3.85. The zero-order valence-corrected chi connectivity index (χ0v) is 18.5. The Morgan fingerprint density at radius 3 is 1.32 bits per heavy atom. The molecule has 3 saturated heterocycles. The predicted molar refractivity (Wildman–Crippen MR) is 101 cm³/mol. The molecule has 3 heterocycles. The van der Waals surface area contributed by atoms with Crippen molar-refractivity contribution in [1.29, 1.82) is 0 Å². The lowest BCUT2D eigenvalue weighted by Gasteiger charge is -2.47. The fourth-order valence-electron chi connectivity index (χ4n) is 3.85. The van der Waals surface area contributed by atoms with Gasteiger partial charge < -0.3 is 78.7 Å². The zero-order chi connectivity index (χ0) is 25.3. The van der Waals surface area contributed by atoms with Crippen molar-refractivity contribution in [2.24, 2.45) is 0 Å². The summed E-state index contributed by atoms with van der Waals surface area (Å²) in [5.74, 6) is 0. The lowest BCUT2D eigenvalue weighted by Crippen LogP contribution is -2.66. The van der Waals surface area contributed by atoms with E-state index in [9.17, 15) is 40.9 Å². The maximum absolute atomic E-state index is 10.6. The van der Waals surface area contributed by atoms with Crippen LogP contribution in [0.25, 0.3) is 0 Å². The quantitative estimate of drug-likeness (QED) is 0.161. The van der Waals surface area contributed by atoms with Gasteiger partial charge in [-0.25, -0.2) is 0 Å². The fraction of sp³-hybridized carbons (Fsp3) is 1.00. The maximum atomic E-state index is 10.6. The molecule has 16 nitrogen and oxygen atoms in total. The van der Waals surface area contributed by atoms with Gasteiger partial charge in [0.15, 0.2) is 37.7 Å². The van der Waals surface area contributed by atoms with Crippen LogP contribution in [-0.4, -0.2) is 155 Å². The van der Waals surface area contributed by atoms with Crippen molar-refractivity contribution in [1.82, 2.24) is 0 Å². The molecule has 0 aliphatic carbocycles. The first-order valence-corrected chi connectivity index (χ1v) is 10.4. The van der Waals surface area contributed by atoms with Crippen molar-refractivity contribution < 1.29 is 78.7 Å². The van der Waals surface area contributed by atoms with E-state index in [1.54, 1.807) is 0 Å². The van der Waals surface area contributed by atoms with E-state index in [1.165, 1.54) is 7.11 Å². The minimum Gasteiger partial charge on any atom is -0.387 e. The molecule has 3 aliphatic rings. The smallest absolute Gasteiger partial charge is 0.190 e. The van der Waals surface area contributed by atoms with Gasteiger partial charge in [0.1, 0.15) is 54.9 Å². The molecular weight excluding hydrogens is 472 g/mol. The highest BCUT2D eigenvalue weighted by Crippen LogP contribution is 2.32. The molecule has 0 spiro atoms. The molecule has 0 unspecified atom stereocenters. The molecule has 0 aromatic rings. The Morgan fingerprint density at radius 1 is 0.412 bits per heavy atom. The first-order chi connectivity index (χ1) is 16.0. The van der Waals surface area contributed by atoms with Gasteiger partial charge in [-0.15, -0.1) is 0 Å². The lowest BCUT2D eigenvalue weighted by molar-refractivity contribution is -0.421. The van der Waals surface area contributed by atoms with Crippen LogP contribution in [0.3, 0.4) is 0 Å². The highest BCUT2D eigenvalue weighted by atomic mass is 16.8. The van der Waals surface area contributed by atoms with Crippen molar-refractivity contribution in [2.75, 3.05) is 21.3 Å². The summed E-state index contributed by atoms with van der Waals surface area (Å²) < 4.78 is 41.5. The topological polar surface area (TPSA) is 236 Å². The van der Waals surface area contributed by atoms with Crippen molar-refractivity contribution in [3.63, 3.8) is 0 Å². The second kappa shape index (κ2) is 11.6. The van der Waals surface area contributed by atoms with E-state index in [4.69, 9.17) is 37.9 Å². The number of hydrogen-bond donors (Lipinski definition) is 8. The van der Waals surface area contributed by atoms with Crippen LogP contribution in [0, 0.1) is 0 Å². The average Bonchev–Trinajstić information content (AvgIpc) is 2.83. The van der Waals surface area contributed by atoms with Gasteiger partial charge in [-0.05, 0) is 0 Å². The number of aliphatic hydroxyl groups is 8. The standard InChI is InChI=1S/C18H32O16/c1-27-14-9(24)5(20)11(13(26)32-14)30-18-12(6(21)10(25)16(29-3)34-18)31-17-8(23)4(19)7(22)15(28-2)33-17/h4-26H,1-3H3/t4-,5-,6-,7+,8-,9+,10+,11-,12+,13-,14+,15-,16+,17-,18-/m1/s1. The summed E-state index contributed by atoms with van der Waals surface area (Å²) >= 11 is 0. The molecule has 3 rings (SSSR count). The van der Waals surface area contributed by atoms with E-state index in [2.05, 4.69) is 0 Å². The van der Waals surface area contributed by atoms with Crippen molar-refractivity contribution in [3.05, 3.63) is 0 Å². The molecule has 34 heavy (non-hydrogen) atoms. The largest absolute Gasteiger partial charge is 0.387 e. The summed E-state index contributed by atoms with van der Waals surface area (Å²) in [6.07, 6.45) is -25.0. The lowest BCUT2D eigenvalue weighted by atomic mass is 10.0. The SMILES string of the molecule is CO[C@@H]1O[C@@H](O[C@@H]2[C@H](O[C@@H]3[C@H](O)[C@H](O)[C@@H](OC)O[C@H]3O)O[C@H](OC)[C@@H](O)[C@H]2O)[C@H](O)[C@H](O)[C@@H]1O. The summed E-state index contributed by atoms with van der Waals surface area (Å²) in [5, 5.41) is 81.9. The van der Waals surface area contributed by atoms with Gasteiger partial charge in [0, 0.05) is 21.3 Å². The van der Waals surface area contributed by atoms with E-state index in [0.717, 1.165) is 14.2 Å². The number of ether oxygens (including phenoxy) is 8. The summed E-state index contributed by atoms with van der Waals surface area (Å²) in [6.45, 7) is 0. The normalized spacial score (nSPS) is 52.5. The van der Waals surface area contributed by atoms with Gasteiger partial charge in [0.05, 0.1) is 0 Å². The molecule has 8 N–H and O–H groups in total. The summed E-state index contributed by atoms with van der Waals surface area (Å²) in [6, 6.07) is 0. The van der Waals surface area contributed by atoms with E-state index in [-0.39, 0.29) is 0 Å². The highest BCUT2D eigenvalue weighted by molar-refractivity contribution is 4.93. The van der Waals surface area contributed by atoms with E-state index in [1.807, 2.05) is 0 Å². The molecule has 3 aliphatic heterocycles. The minimum absolute atomic E-state index is 1.16. The van der Waals surface area contributed by atoms with Crippen LogP contribution < -0.4 is 0 Å². The number of rotatable bonds is 7. The Hall–Kier alpha value is -0.640. The second-order valence-electron chi connectivity index (χ2n) is 7.98. The van der Waals surface area contributed by atoms with Crippen LogP contribution in [0.1, 0.15) is 0 Å². The van der Waals surface area contributed by atoms with Gasteiger partial charge in [-0.3, -0.25) is 0 Å². The summed E-state index contributed by atoms with van der Waals surface area (Å²) in [4.78, 5) is 0. The highest BCUT2D eigenvalue weighted by Gasteiger charge is 2.54. The van der Waals surface area contributed by atoms with Gasteiger partial charge in [-0.2, -0.15) is 0 Å². The van der Waals surface area contributed by atoms with Gasteiger partial charge in [0.2, 0.25) is 0 Å². The van der Waals surface area contributed by atoms with E-state index < -0.39 is 92.7 Å². The Morgan fingerprint density at radius 2 is 0.794 bits per heavy atom. The third-order valence-electron chi connectivity index (χ3n) is 5.83. The molecule has 0 aromatic heterocycles. The van der Waals surface area contributed by atoms with Gasteiger partial charge in [0.25, 0.3) is 0 Å². The Kier molecular flexibility index (Phi) is 9.54. The average molecular weight is 504 g/mol. The van der Waals surface area contributed by atoms with Crippen LogP contribution in [0.4, 0.5) is 0 Å². The van der Waals surface area contributed by atoms with Crippen LogP contribution in [0.2, 0.25) is 0 Å². The van der Waals surface area contributed by atoms with Gasteiger partial charge in [-0.1, -0.05) is 0 Å². The molecule has 3 fully saturated rings. The number of aliphatic hydroxyl groups excluding tert-OH is 8. The molecule has 16 heteroatoms. The zero-order valence-electron chi connectivity index (χ0n) is 18.5. The molecule has 0 bridgehead atoms. The first kappa shape index (κ1) is 27.9. The van der Waals surface area contributed by atoms with Crippen LogP contribution in [0.15, 0.2) is 0 Å². The monoisotopic (exact) mass is 504 g/mol. The molecule has 0 radical (unpaired) electrons. The van der Waals surface area contributed by atoms with Gasteiger partial charge >= 0.3 is 0 Å². The third-order valence-corrected chi connectivity index (χ3v) is 5.83.